The molecule has 2 rings (SSSR count). The largest absolute Gasteiger partial charge is 0.383 e. The number of pyridine rings is 1. The lowest BCUT2D eigenvalue weighted by molar-refractivity contribution is 0.860. The maximum absolute atomic E-state index is 9.53. The summed E-state index contributed by atoms with van der Waals surface area (Å²) in [7, 11) is 0. The summed E-state index contributed by atoms with van der Waals surface area (Å²) in [5, 5.41) is 9.53. The van der Waals surface area contributed by atoms with E-state index in [0.29, 0.717) is 11.4 Å². The lowest BCUT2D eigenvalue weighted by atomic mass is 9.91. The SMILES string of the molecule is CCCc1nc(N)c(C#N)c(-c2ccc(SC)cc2)c1CC. The number of aromatic nitrogens is 1. The molecule has 22 heavy (non-hydrogen) atoms. The number of rotatable bonds is 5. The van der Waals surface area contributed by atoms with Crippen LogP contribution >= 0.6 is 11.8 Å². The van der Waals surface area contributed by atoms with Crippen LogP contribution in [-0.2, 0) is 12.8 Å². The molecule has 0 aliphatic heterocycles. The van der Waals surface area contributed by atoms with Gasteiger partial charge in [-0.25, -0.2) is 4.98 Å². The van der Waals surface area contributed by atoms with E-state index < -0.39 is 0 Å². The molecule has 0 radical (unpaired) electrons. The Morgan fingerprint density at radius 1 is 1.23 bits per heavy atom. The van der Waals surface area contributed by atoms with Crippen molar-refractivity contribution >= 4 is 17.6 Å². The molecule has 0 spiro atoms. The number of hydrogen-bond acceptors (Lipinski definition) is 4. The Balaban J connectivity index is 2.72. The Hall–Kier alpha value is -1.99. The predicted molar refractivity (Wildman–Crippen MR) is 94.0 cm³/mol. The quantitative estimate of drug-likeness (QED) is 0.829. The van der Waals surface area contributed by atoms with Gasteiger partial charge in [0, 0.05) is 16.2 Å². The zero-order valence-corrected chi connectivity index (χ0v) is 14.1. The molecule has 0 bridgehead atoms. The fourth-order valence-electron chi connectivity index (χ4n) is 2.71. The molecule has 0 fully saturated rings. The number of nitriles is 1. The van der Waals surface area contributed by atoms with Gasteiger partial charge in [-0.1, -0.05) is 32.4 Å². The Morgan fingerprint density at radius 2 is 1.91 bits per heavy atom. The Morgan fingerprint density at radius 3 is 2.41 bits per heavy atom. The molecule has 1 aromatic heterocycles. The molecule has 0 unspecified atom stereocenters. The summed E-state index contributed by atoms with van der Waals surface area (Å²) in [5.41, 5.74) is 10.7. The van der Waals surface area contributed by atoms with Crippen molar-refractivity contribution in [1.29, 1.82) is 5.26 Å². The molecule has 2 N–H and O–H groups in total. The fraction of sp³-hybridized carbons (Fsp3) is 0.333. The van der Waals surface area contributed by atoms with Crippen molar-refractivity contribution in [3.63, 3.8) is 0 Å². The highest BCUT2D eigenvalue weighted by Gasteiger charge is 2.18. The van der Waals surface area contributed by atoms with Gasteiger partial charge in [0.2, 0.25) is 0 Å². The van der Waals surface area contributed by atoms with Crippen molar-refractivity contribution in [2.45, 2.75) is 38.0 Å². The van der Waals surface area contributed by atoms with E-state index in [-0.39, 0.29) is 0 Å². The molecule has 0 saturated carbocycles. The zero-order valence-electron chi connectivity index (χ0n) is 13.3. The van der Waals surface area contributed by atoms with Gasteiger partial charge in [0.1, 0.15) is 17.5 Å². The van der Waals surface area contributed by atoms with Crippen LogP contribution in [0.15, 0.2) is 29.2 Å². The van der Waals surface area contributed by atoms with E-state index in [0.717, 1.165) is 41.6 Å². The minimum absolute atomic E-state index is 0.340. The molecule has 0 aliphatic carbocycles. The van der Waals surface area contributed by atoms with Crippen LogP contribution in [-0.4, -0.2) is 11.2 Å². The van der Waals surface area contributed by atoms with E-state index in [9.17, 15) is 5.26 Å². The summed E-state index contributed by atoms with van der Waals surface area (Å²) in [6.07, 6.45) is 4.79. The smallest absolute Gasteiger partial charge is 0.142 e. The third-order valence-electron chi connectivity index (χ3n) is 3.74. The molecule has 114 valence electrons. The second-order valence-corrected chi connectivity index (χ2v) is 6.00. The number of benzene rings is 1. The van der Waals surface area contributed by atoms with Crippen LogP contribution in [0.5, 0.6) is 0 Å². The summed E-state index contributed by atoms with van der Waals surface area (Å²) >= 11 is 1.70. The molecule has 0 aliphatic rings. The average molecular weight is 311 g/mol. The minimum Gasteiger partial charge on any atom is -0.383 e. The zero-order chi connectivity index (χ0) is 16.1. The monoisotopic (exact) mass is 311 g/mol. The van der Waals surface area contributed by atoms with E-state index in [4.69, 9.17) is 5.73 Å². The number of nitrogen functional groups attached to an aromatic ring is 1. The van der Waals surface area contributed by atoms with Crippen molar-refractivity contribution in [3.8, 4) is 17.2 Å². The molecule has 0 amide bonds. The molecular formula is C18H21N3S. The molecule has 1 aromatic carbocycles. The maximum atomic E-state index is 9.53. The molecule has 4 heteroatoms. The van der Waals surface area contributed by atoms with Crippen LogP contribution in [0.25, 0.3) is 11.1 Å². The number of aryl methyl sites for hydroxylation is 1. The molecule has 0 atom stereocenters. The van der Waals surface area contributed by atoms with Crippen molar-refractivity contribution in [2.24, 2.45) is 0 Å². The lowest BCUT2D eigenvalue weighted by Crippen LogP contribution is -2.07. The number of nitrogens with zero attached hydrogens (tertiary/aromatic N) is 2. The van der Waals surface area contributed by atoms with Crippen LogP contribution in [0.1, 0.15) is 37.1 Å². The van der Waals surface area contributed by atoms with Crippen LogP contribution in [0.2, 0.25) is 0 Å². The second-order valence-electron chi connectivity index (χ2n) is 5.12. The van der Waals surface area contributed by atoms with Gasteiger partial charge in [0.25, 0.3) is 0 Å². The van der Waals surface area contributed by atoms with Crippen LogP contribution in [0.3, 0.4) is 0 Å². The van der Waals surface area contributed by atoms with Gasteiger partial charge in [-0.05, 0) is 42.4 Å². The molecule has 2 aromatic rings. The third-order valence-corrected chi connectivity index (χ3v) is 4.49. The highest BCUT2D eigenvalue weighted by atomic mass is 32.2. The minimum atomic E-state index is 0.340. The van der Waals surface area contributed by atoms with Gasteiger partial charge >= 0.3 is 0 Å². The van der Waals surface area contributed by atoms with Crippen LogP contribution in [0, 0.1) is 11.3 Å². The number of anilines is 1. The van der Waals surface area contributed by atoms with Crippen molar-refractivity contribution < 1.29 is 0 Å². The van der Waals surface area contributed by atoms with Crippen LogP contribution in [0.4, 0.5) is 5.82 Å². The standard InChI is InChI=1S/C18H21N3S/c1-4-6-16-14(5-2)17(15(11-19)18(20)21-16)12-7-9-13(22-3)10-8-12/h7-10H,4-6H2,1-3H3,(H2,20,21). The normalized spacial score (nSPS) is 10.5. The van der Waals surface area contributed by atoms with Crippen molar-refractivity contribution in [2.75, 3.05) is 12.0 Å². The first-order valence-electron chi connectivity index (χ1n) is 7.51. The lowest BCUT2D eigenvalue weighted by Gasteiger charge is -2.16. The number of hydrogen-bond donors (Lipinski definition) is 1. The summed E-state index contributed by atoms with van der Waals surface area (Å²) in [4.78, 5) is 5.68. The van der Waals surface area contributed by atoms with Gasteiger partial charge in [-0.15, -0.1) is 11.8 Å². The second kappa shape index (κ2) is 7.33. The Labute approximate surface area is 136 Å². The topological polar surface area (TPSA) is 62.7 Å². The maximum Gasteiger partial charge on any atom is 0.142 e. The molecule has 0 saturated heterocycles. The van der Waals surface area contributed by atoms with Gasteiger partial charge < -0.3 is 5.73 Å². The highest BCUT2D eigenvalue weighted by molar-refractivity contribution is 7.98. The summed E-state index contributed by atoms with van der Waals surface area (Å²) in [6, 6.07) is 10.5. The molecule has 3 nitrogen and oxygen atoms in total. The van der Waals surface area contributed by atoms with E-state index in [2.05, 4.69) is 55.4 Å². The summed E-state index contributed by atoms with van der Waals surface area (Å²) in [5.74, 6) is 0.340. The van der Waals surface area contributed by atoms with Crippen molar-refractivity contribution in [3.05, 3.63) is 41.1 Å². The first-order valence-corrected chi connectivity index (χ1v) is 8.74. The van der Waals surface area contributed by atoms with Gasteiger partial charge in [-0.2, -0.15) is 5.26 Å². The Kier molecular flexibility index (Phi) is 5.46. The average Bonchev–Trinajstić information content (AvgIpc) is 2.54. The summed E-state index contributed by atoms with van der Waals surface area (Å²) < 4.78 is 0. The van der Waals surface area contributed by atoms with Crippen molar-refractivity contribution in [1.82, 2.24) is 4.98 Å². The first kappa shape index (κ1) is 16.4. The van der Waals surface area contributed by atoms with E-state index in [1.54, 1.807) is 11.8 Å². The first-order chi connectivity index (χ1) is 10.7. The van der Waals surface area contributed by atoms with E-state index in [1.165, 1.54) is 4.90 Å². The number of thioether (sulfide) groups is 1. The third kappa shape index (κ3) is 3.10. The highest BCUT2D eigenvalue weighted by Crippen LogP contribution is 2.34. The molecule has 1 heterocycles. The van der Waals surface area contributed by atoms with E-state index >= 15 is 0 Å². The van der Waals surface area contributed by atoms with Gasteiger partial charge in [0.05, 0.1) is 0 Å². The summed E-state index contributed by atoms with van der Waals surface area (Å²) in [6.45, 7) is 4.23. The predicted octanol–water partition coefficient (Wildman–Crippen LogP) is 4.44. The Bertz CT molecular complexity index is 700. The van der Waals surface area contributed by atoms with Crippen LogP contribution < -0.4 is 5.73 Å². The van der Waals surface area contributed by atoms with Gasteiger partial charge in [0.15, 0.2) is 0 Å². The van der Waals surface area contributed by atoms with Gasteiger partial charge in [-0.3, -0.25) is 0 Å². The number of nitrogens with two attached hydrogens (primary N) is 1. The molecular weight excluding hydrogens is 290 g/mol. The van der Waals surface area contributed by atoms with E-state index in [1.807, 2.05) is 0 Å². The fourth-order valence-corrected chi connectivity index (χ4v) is 3.11.